The topological polar surface area (TPSA) is 84.6 Å². The number of guanidine groups is 1. The molecule has 1 heterocycles. The Balaban J connectivity index is 0.00000420. The molecule has 1 aromatic carbocycles. The zero-order chi connectivity index (χ0) is 20.2. The lowest BCUT2D eigenvalue weighted by Gasteiger charge is -2.10. The Hall–Kier alpha value is -1.39. The zero-order valence-electron chi connectivity index (χ0n) is 17.3. The van der Waals surface area contributed by atoms with Crippen LogP contribution in [0.4, 0.5) is 0 Å². The fourth-order valence-electron chi connectivity index (χ4n) is 2.38. The molecule has 0 bridgehead atoms. The van der Waals surface area contributed by atoms with E-state index >= 15 is 0 Å². The molecule has 0 amide bonds. The van der Waals surface area contributed by atoms with Gasteiger partial charge in [-0.1, -0.05) is 30.6 Å². The number of ether oxygens (including phenoxy) is 1. The molecule has 0 radical (unpaired) electrons. The molecule has 0 fully saturated rings. The standard InChI is InChI=1S/C20H30ClN5O2.HI/c1-4-22-20(23-11-5-13-27-14-15(2)3)24-12-10-18-25-19(26-28-18)16-6-8-17(21)9-7-16;/h6-9,15H,4-5,10-14H2,1-3H3,(H2,22,23,24);1H. The smallest absolute Gasteiger partial charge is 0.228 e. The predicted octanol–water partition coefficient (Wildman–Crippen LogP) is 4.17. The van der Waals surface area contributed by atoms with E-state index in [1.807, 2.05) is 31.2 Å². The molecule has 0 saturated heterocycles. The van der Waals surface area contributed by atoms with Gasteiger partial charge in [-0.25, -0.2) is 0 Å². The van der Waals surface area contributed by atoms with Gasteiger partial charge in [-0.05, 0) is 43.5 Å². The maximum Gasteiger partial charge on any atom is 0.228 e. The van der Waals surface area contributed by atoms with E-state index in [9.17, 15) is 0 Å². The molecule has 0 spiro atoms. The average molecular weight is 536 g/mol. The van der Waals surface area contributed by atoms with Crippen molar-refractivity contribution < 1.29 is 9.26 Å². The number of nitrogens with zero attached hydrogens (tertiary/aromatic N) is 3. The average Bonchev–Trinajstić information content (AvgIpc) is 3.13. The first-order valence-electron chi connectivity index (χ1n) is 9.77. The van der Waals surface area contributed by atoms with E-state index in [-0.39, 0.29) is 24.0 Å². The molecule has 0 atom stereocenters. The van der Waals surface area contributed by atoms with E-state index in [4.69, 9.17) is 20.9 Å². The van der Waals surface area contributed by atoms with Crippen molar-refractivity contribution in [2.24, 2.45) is 10.9 Å². The molecule has 9 heteroatoms. The van der Waals surface area contributed by atoms with Crippen LogP contribution in [0.15, 0.2) is 33.8 Å². The summed E-state index contributed by atoms with van der Waals surface area (Å²) in [5, 5.41) is 11.2. The van der Waals surface area contributed by atoms with Gasteiger partial charge in [0.1, 0.15) is 0 Å². The number of halogens is 2. The van der Waals surface area contributed by atoms with Gasteiger partial charge in [0.15, 0.2) is 5.96 Å². The molecule has 0 aliphatic heterocycles. The number of hydrogen-bond acceptors (Lipinski definition) is 5. The molecule has 2 rings (SSSR count). The second kappa shape index (κ2) is 14.6. The lowest BCUT2D eigenvalue weighted by molar-refractivity contribution is 0.109. The number of benzene rings is 1. The van der Waals surface area contributed by atoms with Crippen LogP contribution in [0.5, 0.6) is 0 Å². The summed E-state index contributed by atoms with van der Waals surface area (Å²) in [6, 6.07) is 7.36. The summed E-state index contributed by atoms with van der Waals surface area (Å²) in [7, 11) is 0. The van der Waals surface area contributed by atoms with Crippen molar-refractivity contribution in [3.05, 3.63) is 35.2 Å². The lowest BCUT2D eigenvalue weighted by atomic mass is 10.2. The lowest BCUT2D eigenvalue weighted by Crippen LogP contribution is -2.38. The van der Waals surface area contributed by atoms with Gasteiger partial charge in [0.25, 0.3) is 0 Å². The SMILES string of the molecule is CCNC(=NCCCOCC(C)C)NCCc1nc(-c2ccc(Cl)cc2)no1.I. The summed E-state index contributed by atoms with van der Waals surface area (Å²) < 4.78 is 10.9. The van der Waals surface area contributed by atoms with Crippen LogP contribution < -0.4 is 10.6 Å². The Labute approximate surface area is 195 Å². The van der Waals surface area contributed by atoms with E-state index in [1.54, 1.807) is 0 Å². The van der Waals surface area contributed by atoms with Crippen LogP contribution in [-0.2, 0) is 11.2 Å². The minimum atomic E-state index is 0. The summed E-state index contributed by atoms with van der Waals surface area (Å²) in [6.45, 7) is 10.0. The molecule has 0 unspecified atom stereocenters. The van der Waals surface area contributed by atoms with Gasteiger partial charge in [-0.15, -0.1) is 24.0 Å². The zero-order valence-corrected chi connectivity index (χ0v) is 20.4. The highest BCUT2D eigenvalue weighted by molar-refractivity contribution is 14.0. The summed E-state index contributed by atoms with van der Waals surface area (Å²) in [5.74, 6) is 2.49. The van der Waals surface area contributed by atoms with Crippen LogP contribution in [0.1, 0.15) is 33.1 Å². The second-order valence-corrected chi connectivity index (χ2v) is 7.21. The summed E-state index contributed by atoms with van der Waals surface area (Å²) in [4.78, 5) is 8.98. The van der Waals surface area contributed by atoms with Crippen molar-refractivity contribution in [3.8, 4) is 11.4 Å². The van der Waals surface area contributed by atoms with Crippen molar-refractivity contribution in [1.82, 2.24) is 20.8 Å². The first-order chi connectivity index (χ1) is 13.6. The first kappa shape index (κ1) is 25.6. The van der Waals surface area contributed by atoms with Gasteiger partial charge < -0.3 is 19.9 Å². The normalized spacial score (nSPS) is 11.4. The van der Waals surface area contributed by atoms with Gasteiger partial charge in [0.2, 0.25) is 11.7 Å². The maximum atomic E-state index is 5.91. The largest absolute Gasteiger partial charge is 0.381 e. The van der Waals surface area contributed by atoms with Crippen molar-refractivity contribution >= 4 is 41.5 Å². The fraction of sp³-hybridized carbons (Fsp3) is 0.550. The molecule has 0 saturated carbocycles. The Kier molecular flexibility index (Phi) is 12.9. The maximum absolute atomic E-state index is 5.91. The Bertz CT molecular complexity index is 722. The Morgan fingerprint density at radius 1 is 1.24 bits per heavy atom. The van der Waals surface area contributed by atoms with Crippen LogP contribution >= 0.6 is 35.6 Å². The van der Waals surface area contributed by atoms with Crippen molar-refractivity contribution in [1.29, 1.82) is 0 Å². The van der Waals surface area contributed by atoms with E-state index in [0.717, 1.165) is 37.7 Å². The first-order valence-corrected chi connectivity index (χ1v) is 10.1. The van der Waals surface area contributed by atoms with E-state index < -0.39 is 0 Å². The van der Waals surface area contributed by atoms with Gasteiger partial charge in [0, 0.05) is 49.9 Å². The van der Waals surface area contributed by atoms with Crippen molar-refractivity contribution in [2.45, 2.75) is 33.6 Å². The molecular weight excluding hydrogens is 505 g/mol. The summed E-state index contributed by atoms with van der Waals surface area (Å²) >= 11 is 5.91. The number of rotatable bonds is 11. The van der Waals surface area contributed by atoms with Gasteiger partial charge in [-0.3, -0.25) is 4.99 Å². The number of aliphatic imine (C=N–C) groups is 1. The molecular formula is C20H31ClIN5O2. The Morgan fingerprint density at radius 3 is 2.69 bits per heavy atom. The third-order valence-corrected chi connectivity index (χ3v) is 3.97. The summed E-state index contributed by atoms with van der Waals surface area (Å²) in [6.07, 6.45) is 1.51. The van der Waals surface area contributed by atoms with Crippen LogP contribution in [0.3, 0.4) is 0 Å². The van der Waals surface area contributed by atoms with E-state index in [1.165, 1.54) is 0 Å². The molecule has 1 aromatic heterocycles. The van der Waals surface area contributed by atoms with Crippen molar-refractivity contribution in [2.75, 3.05) is 32.8 Å². The highest BCUT2D eigenvalue weighted by Crippen LogP contribution is 2.18. The molecule has 29 heavy (non-hydrogen) atoms. The third-order valence-electron chi connectivity index (χ3n) is 3.71. The Morgan fingerprint density at radius 2 is 2.00 bits per heavy atom. The minimum Gasteiger partial charge on any atom is -0.381 e. The minimum absolute atomic E-state index is 0. The quantitative estimate of drug-likeness (QED) is 0.194. The van der Waals surface area contributed by atoms with Crippen LogP contribution in [0.2, 0.25) is 5.02 Å². The molecule has 0 aliphatic rings. The molecule has 2 N–H and O–H groups in total. The monoisotopic (exact) mass is 535 g/mol. The highest BCUT2D eigenvalue weighted by Gasteiger charge is 2.08. The van der Waals surface area contributed by atoms with Crippen LogP contribution in [0, 0.1) is 5.92 Å². The highest BCUT2D eigenvalue weighted by atomic mass is 127. The molecule has 7 nitrogen and oxygen atoms in total. The number of nitrogens with one attached hydrogen (secondary N) is 2. The summed E-state index contributed by atoms with van der Waals surface area (Å²) in [5.41, 5.74) is 0.877. The van der Waals surface area contributed by atoms with Crippen LogP contribution in [0.25, 0.3) is 11.4 Å². The van der Waals surface area contributed by atoms with E-state index in [2.05, 4.69) is 39.6 Å². The fourth-order valence-corrected chi connectivity index (χ4v) is 2.50. The number of aromatic nitrogens is 2. The number of hydrogen-bond donors (Lipinski definition) is 2. The van der Waals surface area contributed by atoms with Gasteiger partial charge in [-0.2, -0.15) is 4.98 Å². The van der Waals surface area contributed by atoms with Gasteiger partial charge >= 0.3 is 0 Å². The van der Waals surface area contributed by atoms with Crippen molar-refractivity contribution in [3.63, 3.8) is 0 Å². The predicted molar refractivity (Wildman–Crippen MR) is 128 cm³/mol. The second-order valence-electron chi connectivity index (χ2n) is 6.78. The molecule has 162 valence electrons. The molecule has 2 aromatic rings. The third kappa shape index (κ3) is 10.3. The molecule has 0 aliphatic carbocycles. The van der Waals surface area contributed by atoms with E-state index in [0.29, 0.717) is 42.2 Å². The van der Waals surface area contributed by atoms with Gasteiger partial charge in [0.05, 0.1) is 0 Å². The van der Waals surface area contributed by atoms with Crippen LogP contribution in [-0.4, -0.2) is 48.9 Å².